The molecular weight excluding hydrogens is 665 g/mol. The van der Waals surface area contributed by atoms with Crippen molar-refractivity contribution in [3.05, 3.63) is 144 Å². The SMILES string of the molecule is C=CCC1CC([Si](c2ccccc2)(c2ccccc2)C2C=C3C(=CC2C2C=C4C(=CC2C)C(C)(C)CCC4(C)C)C(C)(C)CCC3(C)C)C2C=CC=CC12. The summed E-state index contributed by atoms with van der Waals surface area (Å²) in [7, 11) is -2.65. The van der Waals surface area contributed by atoms with Gasteiger partial charge >= 0.3 is 0 Å². The van der Waals surface area contributed by atoms with Gasteiger partial charge in [0, 0.05) is 0 Å². The van der Waals surface area contributed by atoms with Crippen molar-refractivity contribution in [1.29, 1.82) is 0 Å². The van der Waals surface area contributed by atoms with E-state index in [1.54, 1.807) is 32.7 Å². The third kappa shape index (κ3) is 5.97. The normalized spacial score (nSPS) is 34.3. The molecule has 8 atom stereocenters. The van der Waals surface area contributed by atoms with Crippen molar-refractivity contribution in [2.24, 2.45) is 57.2 Å². The fourth-order valence-corrected chi connectivity index (χ4v) is 19.7. The minimum atomic E-state index is -2.65. The molecular formula is C53H68Si. The Labute approximate surface area is 330 Å². The van der Waals surface area contributed by atoms with Crippen molar-refractivity contribution in [2.75, 3.05) is 0 Å². The molecule has 3 fully saturated rings. The Bertz CT molecular complexity index is 1900. The highest BCUT2D eigenvalue weighted by molar-refractivity contribution is 7.04. The van der Waals surface area contributed by atoms with Gasteiger partial charge < -0.3 is 0 Å². The van der Waals surface area contributed by atoms with E-state index in [2.05, 4.69) is 184 Å². The Kier molecular flexibility index (Phi) is 9.44. The molecule has 54 heavy (non-hydrogen) atoms. The minimum Gasteiger partial charge on any atom is -0.103 e. The van der Waals surface area contributed by atoms with Gasteiger partial charge in [0.15, 0.2) is 0 Å². The van der Waals surface area contributed by atoms with Gasteiger partial charge in [0.25, 0.3) is 0 Å². The second-order valence-corrected chi connectivity index (χ2v) is 25.3. The smallest absolute Gasteiger partial charge is 0.103 e. The van der Waals surface area contributed by atoms with Crippen molar-refractivity contribution in [2.45, 2.75) is 112 Å². The Balaban J connectivity index is 1.44. The Morgan fingerprint density at radius 1 is 0.574 bits per heavy atom. The first-order valence-electron chi connectivity index (χ1n) is 21.6. The second-order valence-electron chi connectivity index (χ2n) is 21.0. The predicted molar refractivity (Wildman–Crippen MR) is 236 cm³/mol. The lowest BCUT2D eigenvalue weighted by molar-refractivity contribution is 0.236. The molecule has 0 nitrogen and oxygen atoms in total. The van der Waals surface area contributed by atoms with Gasteiger partial charge in [-0.05, 0) is 129 Å². The van der Waals surface area contributed by atoms with Crippen LogP contribution in [0.15, 0.2) is 144 Å². The molecule has 2 aromatic carbocycles. The molecule has 0 bridgehead atoms. The van der Waals surface area contributed by atoms with Crippen LogP contribution < -0.4 is 10.4 Å². The topological polar surface area (TPSA) is 0 Å². The van der Waals surface area contributed by atoms with Gasteiger partial charge in [-0.2, -0.15) is 0 Å². The van der Waals surface area contributed by atoms with Crippen molar-refractivity contribution >= 4 is 18.4 Å². The number of hydrogen-bond acceptors (Lipinski definition) is 0. The Hall–Kier alpha value is -3.16. The van der Waals surface area contributed by atoms with Crippen molar-refractivity contribution in [3.63, 3.8) is 0 Å². The van der Waals surface area contributed by atoms with Crippen LogP contribution in [0.4, 0.5) is 0 Å². The van der Waals surface area contributed by atoms with E-state index in [0.29, 0.717) is 46.6 Å². The average Bonchev–Trinajstić information content (AvgIpc) is 3.52. The summed E-state index contributed by atoms with van der Waals surface area (Å²) in [6.07, 6.45) is 31.1. The van der Waals surface area contributed by atoms with Gasteiger partial charge in [-0.1, -0.05) is 188 Å². The highest BCUT2D eigenvalue weighted by Gasteiger charge is 2.61. The second kappa shape index (κ2) is 13.5. The van der Waals surface area contributed by atoms with E-state index in [1.807, 2.05) is 0 Å². The quantitative estimate of drug-likeness (QED) is 0.196. The van der Waals surface area contributed by atoms with Crippen LogP contribution >= 0.6 is 0 Å². The third-order valence-electron chi connectivity index (χ3n) is 16.1. The summed E-state index contributed by atoms with van der Waals surface area (Å²) >= 11 is 0. The molecule has 1 heteroatoms. The van der Waals surface area contributed by atoms with Crippen LogP contribution in [0.25, 0.3) is 0 Å². The summed E-state index contributed by atoms with van der Waals surface area (Å²) in [6, 6.07) is 24.2. The summed E-state index contributed by atoms with van der Waals surface area (Å²) in [5, 5.41) is 3.26. The number of fused-ring (bicyclic) bond motifs is 3. The van der Waals surface area contributed by atoms with Gasteiger partial charge in [0.2, 0.25) is 0 Å². The van der Waals surface area contributed by atoms with Crippen LogP contribution in [-0.4, -0.2) is 8.07 Å². The van der Waals surface area contributed by atoms with E-state index < -0.39 is 8.07 Å². The number of benzene rings is 2. The molecule has 0 spiro atoms. The molecule has 284 valence electrons. The predicted octanol–water partition coefficient (Wildman–Crippen LogP) is 13.2. The standard InChI is InChI=1S/C53H68Si/c1-11-20-37-32-48(41-26-19-18-25-40(37)41)54(38-21-14-12-15-22-38,39-23-16-13-17-24-39)49-35-47-46(52(7,8)29-30-53(47,9)10)34-43(49)42-33-45-44(31-36(42)2)50(3,4)27-28-51(45,5)6/h11-19,21-26,31,33-37,40-43,48-49H,1,20,27-30,32H2,2-10H3. The minimum absolute atomic E-state index is 0.147. The highest BCUT2D eigenvalue weighted by atomic mass is 28.3. The maximum atomic E-state index is 4.31. The highest BCUT2D eigenvalue weighted by Crippen LogP contribution is 2.64. The van der Waals surface area contributed by atoms with E-state index in [-0.39, 0.29) is 21.7 Å². The molecule has 0 amide bonds. The summed E-state index contributed by atoms with van der Waals surface area (Å²) in [5.74, 6) is 3.03. The van der Waals surface area contributed by atoms with E-state index in [9.17, 15) is 0 Å². The molecule has 0 saturated heterocycles. The maximum absolute atomic E-state index is 4.31. The molecule has 6 aliphatic carbocycles. The molecule has 8 rings (SSSR count). The maximum Gasteiger partial charge on any atom is 0.128 e. The fourth-order valence-electron chi connectivity index (χ4n) is 12.8. The van der Waals surface area contributed by atoms with Gasteiger partial charge in [-0.15, -0.1) is 6.58 Å². The molecule has 6 aliphatic rings. The largest absolute Gasteiger partial charge is 0.128 e. The molecule has 0 heterocycles. The molecule has 0 N–H and O–H groups in total. The van der Waals surface area contributed by atoms with Crippen molar-refractivity contribution < 1.29 is 0 Å². The molecule has 8 unspecified atom stereocenters. The first kappa shape index (κ1) is 37.7. The van der Waals surface area contributed by atoms with Crippen LogP contribution in [-0.2, 0) is 0 Å². The molecule has 0 aromatic heterocycles. The summed E-state index contributed by atoms with van der Waals surface area (Å²) in [6.45, 7) is 27.2. The third-order valence-corrected chi connectivity index (χ3v) is 22.0. The number of hydrogen-bond donors (Lipinski definition) is 0. The van der Waals surface area contributed by atoms with E-state index in [0.717, 1.165) is 6.42 Å². The molecule has 2 aromatic rings. The van der Waals surface area contributed by atoms with Crippen LogP contribution in [0, 0.1) is 57.2 Å². The lowest BCUT2D eigenvalue weighted by Gasteiger charge is -2.55. The zero-order chi connectivity index (χ0) is 38.3. The van der Waals surface area contributed by atoms with Gasteiger partial charge in [-0.25, -0.2) is 0 Å². The molecule has 0 radical (unpaired) electrons. The van der Waals surface area contributed by atoms with Crippen LogP contribution in [0.3, 0.4) is 0 Å². The summed E-state index contributed by atoms with van der Waals surface area (Å²) in [4.78, 5) is 0. The van der Waals surface area contributed by atoms with E-state index in [4.69, 9.17) is 0 Å². The zero-order valence-electron chi connectivity index (χ0n) is 35.0. The van der Waals surface area contributed by atoms with Crippen LogP contribution in [0.5, 0.6) is 0 Å². The zero-order valence-corrected chi connectivity index (χ0v) is 36.0. The molecule has 0 aliphatic heterocycles. The number of allylic oxidation sites excluding steroid dienone is 13. The summed E-state index contributed by atoms with van der Waals surface area (Å²) in [5.41, 5.74) is 8.31. The van der Waals surface area contributed by atoms with Gasteiger partial charge in [0.05, 0.1) is 0 Å². The monoisotopic (exact) mass is 733 g/mol. The molecule has 3 saturated carbocycles. The van der Waals surface area contributed by atoms with Crippen LogP contribution in [0.2, 0.25) is 11.1 Å². The van der Waals surface area contributed by atoms with Crippen molar-refractivity contribution in [1.82, 2.24) is 0 Å². The van der Waals surface area contributed by atoms with Gasteiger partial charge in [-0.3, -0.25) is 0 Å². The van der Waals surface area contributed by atoms with Crippen molar-refractivity contribution in [3.8, 4) is 0 Å². The fraction of sp³-hybridized carbons (Fsp3) is 0.509. The Morgan fingerprint density at radius 2 is 1.02 bits per heavy atom. The lowest BCUT2D eigenvalue weighted by Crippen LogP contribution is -2.67. The number of rotatable bonds is 7. The summed E-state index contributed by atoms with van der Waals surface area (Å²) < 4.78 is 0. The van der Waals surface area contributed by atoms with E-state index in [1.165, 1.54) is 32.1 Å². The Morgan fingerprint density at radius 3 is 1.52 bits per heavy atom. The van der Waals surface area contributed by atoms with Gasteiger partial charge in [0.1, 0.15) is 8.07 Å². The van der Waals surface area contributed by atoms with E-state index >= 15 is 0 Å². The first-order valence-corrected chi connectivity index (χ1v) is 23.7. The van der Waals surface area contributed by atoms with Crippen LogP contribution in [0.1, 0.15) is 101 Å². The lowest BCUT2D eigenvalue weighted by atomic mass is 9.55. The average molecular weight is 733 g/mol. The first-order chi connectivity index (χ1) is 25.6.